The highest BCUT2D eigenvalue weighted by atomic mass is 15.1. The summed E-state index contributed by atoms with van der Waals surface area (Å²) in [7, 11) is 0. The van der Waals surface area contributed by atoms with Gasteiger partial charge in [-0.05, 0) is 33.3 Å². The Bertz CT molecular complexity index is 352. The standard InChI is InChI=1S/C13H21N3/c1-9(2)15-13(14)16-11(4)12-7-5-10(3)6-8-12/h5-9,11H,1-4H3,(H3,14,15,16). The Morgan fingerprint density at radius 2 is 1.75 bits per heavy atom. The van der Waals surface area contributed by atoms with Gasteiger partial charge in [0, 0.05) is 6.04 Å². The molecule has 0 aromatic heterocycles. The molecule has 0 aliphatic carbocycles. The number of nitrogens with two attached hydrogens (primary N) is 1. The number of nitrogens with one attached hydrogen (secondary N) is 1. The van der Waals surface area contributed by atoms with Crippen molar-refractivity contribution in [3.8, 4) is 0 Å². The van der Waals surface area contributed by atoms with Crippen LogP contribution < -0.4 is 11.1 Å². The van der Waals surface area contributed by atoms with E-state index in [1.807, 2.05) is 20.8 Å². The van der Waals surface area contributed by atoms with Crippen molar-refractivity contribution >= 4 is 5.96 Å². The van der Waals surface area contributed by atoms with Crippen LogP contribution >= 0.6 is 0 Å². The summed E-state index contributed by atoms with van der Waals surface area (Å²) in [5.41, 5.74) is 8.22. The van der Waals surface area contributed by atoms with Crippen molar-refractivity contribution in [2.45, 2.75) is 39.8 Å². The SMILES string of the molecule is Cc1ccc(C(C)N=C(N)NC(C)C)cc1. The van der Waals surface area contributed by atoms with E-state index >= 15 is 0 Å². The second-order valence-corrected chi connectivity index (χ2v) is 4.40. The summed E-state index contributed by atoms with van der Waals surface area (Å²) in [5, 5.41) is 3.08. The number of nitrogens with zero attached hydrogens (tertiary/aromatic N) is 1. The van der Waals surface area contributed by atoms with Crippen molar-refractivity contribution in [2.24, 2.45) is 10.7 Å². The molecule has 0 amide bonds. The number of hydrogen-bond donors (Lipinski definition) is 2. The van der Waals surface area contributed by atoms with Gasteiger partial charge in [-0.25, -0.2) is 4.99 Å². The summed E-state index contributed by atoms with van der Waals surface area (Å²) in [6, 6.07) is 8.76. The fourth-order valence-electron chi connectivity index (χ4n) is 1.46. The maximum atomic E-state index is 5.78. The highest BCUT2D eigenvalue weighted by molar-refractivity contribution is 5.78. The third-order valence-corrected chi connectivity index (χ3v) is 2.33. The summed E-state index contributed by atoms with van der Waals surface area (Å²) < 4.78 is 0. The van der Waals surface area contributed by atoms with Gasteiger partial charge in [-0.2, -0.15) is 0 Å². The molecule has 0 fully saturated rings. The van der Waals surface area contributed by atoms with E-state index in [0.717, 1.165) is 0 Å². The quantitative estimate of drug-likeness (QED) is 0.605. The molecule has 3 nitrogen and oxygen atoms in total. The zero-order chi connectivity index (χ0) is 12.1. The molecule has 0 spiro atoms. The van der Waals surface area contributed by atoms with Crippen LogP contribution in [-0.4, -0.2) is 12.0 Å². The van der Waals surface area contributed by atoms with Crippen LogP contribution in [-0.2, 0) is 0 Å². The van der Waals surface area contributed by atoms with Crippen LogP contribution in [0.4, 0.5) is 0 Å². The first-order valence-corrected chi connectivity index (χ1v) is 5.65. The molecule has 0 saturated carbocycles. The highest BCUT2D eigenvalue weighted by Gasteiger charge is 2.04. The smallest absolute Gasteiger partial charge is 0.189 e. The number of aryl methyl sites for hydroxylation is 1. The normalized spacial score (nSPS) is 13.9. The van der Waals surface area contributed by atoms with E-state index in [1.54, 1.807) is 0 Å². The molecule has 0 saturated heterocycles. The molecule has 1 aromatic rings. The largest absolute Gasteiger partial charge is 0.370 e. The molecular weight excluding hydrogens is 198 g/mol. The first kappa shape index (κ1) is 12.6. The lowest BCUT2D eigenvalue weighted by molar-refractivity contribution is 0.710. The summed E-state index contributed by atoms with van der Waals surface area (Å²) in [6.07, 6.45) is 0. The third kappa shape index (κ3) is 3.93. The van der Waals surface area contributed by atoms with E-state index in [0.29, 0.717) is 12.0 Å². The van der Waals surface area contributed by atoms with Crippen LogP contribution in [0.1, 0.15) is 37.9 Å². The van der Waals surface area contributed by atoms with Gasteiger partial charge in [-0.15, -0.1) is 0 Å². The molecule has 1 rings (SSSR count). The van der Waals surface area contributed by atoms with Crippen molar-refractivity contribution in [3.63, 3.8) is 0 Å². The van der Waals surface area contributed by atoms with Gasteiger partial charge in [0.1, 0.15) is 0 Å². The van der Waals surface area contributed by atoms with Crippen LogP contribution in [0.25, 0.3) is 0 Å². The minimum Gasteiger partial charge on any atom is -0.370 e. The van der Waals surface area contributed by atoms with Gasteiger partial charge in [-0.3, -0.25) is 0 Å². The number of benzene rings is 1. The third-order valence-electron chi connectivity index (χ3n) is 2.33. The van der Waals surface area contributed by atoms with Gasteiger partial charge < -0.3 is 11.1 Å². The summed E-state index contributed by atoms with van der Waals surface area (Å²) in [4.78, 5) is 4.40. The minimum atomic E-state index is 0.0897. The zero-order valence-corrected chi connectivity index (χ0v) is 10.5. The average molecular weight is 219 g/mol. The summed E-state index contributed by atoms with van der Waals surface area (Å²) in [6.45, 7) is 8.20. The van der Waals surface area contributed by atoms with Crippen molar-refractivity contribution in [3.05, 3.63) is 35.4 Å². The number of rotatable bonds is 3. The Kier molecular flexibility index (Phi) is 4.35. The van der Waals surface area contributed by atoms with Crippen LogP contribution in [0.3, 0.4) is 0 Å². The second-order valence-electron chi connectivity index (χ2n) is 4.40. The first-order valence-electron chi connectivity index (χ1n) is 5.65. The van der Waals surface area contributed by atoms with Gasteiger partial charge in [0.2, 0.25) is 0 Å². The van der Waals surface area contributed by atoms with E-state index in [2.05, 4.69) is 41.5 Å². The monoisotopic (exact) mass is 219 g/mol. The fourth-order valence-corrected chi connectivity index (χ4v) is 1.46. The maximum Gasteiger partial charge on any atom is 0.189 e. The number of aliphatic imine (C=N–C) groups is 1. The van der Waals surface area contributed by atoms with Gasteiger partial charge in [0.05, 0.1) is 6.04 Å². The van der Waals surface area contributed by atoms with Gasteiger partial charge in [0.25, 0.3) is 0 Å². The second kappa shape index (κ2) is 5.54. The predicted octanol–water partition coefficient (Wildman–Crippen LogP) is 2.37. The number of hydrogen-bond acceptors (Lipinski definition) is 1. The Morgan fingerprint density at radius 1 is 1.19 bits per heavy atom. The molecule has 3 heteroatoms. The fraction of sp³-hybridized carbons (Fsp3) is 0.462. The van der Waals surface area contributed by atoms with Crippen LogP contribution in [0.15, 0.2) is 29.3 Å². The lowest BCUT2D eigenvalue weighted by Crippen LogP contribution is -2.36. The molecule has 1 aromatic carbocycles. The van der Waals surface area contributed by atoms with E-state index < -0.39 is 0 Å². The molecule has 88 valence electrons. The van der Waals surface area contributed by atoms with E-state index in [-0.39, 0.29) is 6.04 Å². The molecule has 3 N–H and O–H groups in total. The van der Waals surface area contributed by atoms with Crippen molar-refractivity contribution in [2.75, 3.05) is 0 Å². The van der Waals surface area contributed by atoms with E-state index in [4.69, 9.17) is 5.73 Å². The molecule has 16 heavy (non-hydrogen) atoms. The average Bonchev–Trinajstić information content (AvgIpc) is 2.16. The Balaban J connectivity index is 2.71. The van der Waals surface area contributed by atoms with Crippen molar-refractivity contribution < 1.29 is 0 Å². The molecule has 1 unspecified atom stereocenters. The molecule has 0 aliphatic rings. The highest BCUT2D eigenvalue weighted by Crippen LogP contribution is 2.16. The first-order chi connectivity index (χ1) is 7.49. The summed E-state index contributed by atoms with van der Waals surface area (Å²) in [5.74, 6) is 0.503. The lowest BCUT2D eigenvalue weighted by Gasteiger charge is -2.12. The molecule has 0 heterocycles. The molecular formula is C13H21N3. The molecule has 1 atom stereocenters. The molecule has 0 radical (unpaired) electrons. The zero-order valence-electron chi connectivity index (χ0n) is 10.5. The maximum absolute atomic E-state index is 5.78. The van der Waals surface area contributed by atoms with Gasteiger partial charge in [0.15, 0.2) is 5.96 Å². The van der Waals surface area contributed by atoms with Crippen LogP contribution in [0.2, 0.25) is 0 Å². The number of guanidine groups is 1. The lowest BCUT2D eigenvalue weighted by atomic mass is 10.1. The van der Waals surface area contributed by atoms with Crippen molar-refractivity contribution in [1.29, 1.82) is 0 Å². The van der Waals surface area contributed by atoms with Crippen LogP contribution in [0.5, 0.6) is 0 Å². The minimum absolute atomic E-state index is 0.0897. The van der Waals surface area contributed by atoms with E-state index in [9.17, 15) is 0 Å². The van der Waals surface area contributed by atoms with Crippen molar-refractivity contribution in [1.82, 2.24) is 5.32 Å². The predicted molar refractivity (Wildman–Crippen MR) is 69.5 cm³/mol. The topological polar surface area (TPSA) is 50.4 Å². The molecule has 0 aliphatic heterocycles. The van der Waals surface area contributed by atoms with Crippen LogP contribution in [0, 0.1) is 6.92 Å². The Hall–Kier alpha value is -1.51. The van der Waals surface area contributed by atoms with Gasteiger partial charge >= 0.3 is 0 Å². The molecule has 0 bridgehead atoms. The van der Waals surface area contributed by atoms with E-state index in [1.165, 1.54) is 11.1 Å². The Morgan fingerprint density at radius 3 is 2.25 bits per heavy atom. The Labute approximate surface area is 97.8 Å². The van der Waals surface area contributed by atoms with Gasteiger partial charge in [-0.1, -0.05) is 29.8 Å². The summed E-state index contributed by atoms with van der Waals surface area (Å²) >= 11 is 0.